The van der Waals surface area contributed by atoms with E-state index in [4.69, 9.17) is 11.6 Å². The third kappa shape index (κ3) is 3.98. The highest BCUT2D eigenvalue weighted by Crippen LogP contribution is 2.34. The third-order valence-corrected chi connectivity index (χ3v) is 3.82. The van der Waals surface area contributed by atoms with Gasteiger partial charge in [-0.05, 0) is 56.9 Å². The van der Waals surface area contributed by atoms with E-state index in [2.05, 4.69) is 16.0 Å². The van der Waals surface area contributed by atoms with Crippen LogP contribution in [0, 0.1) is 11.3 Å². The Hall–Kier alpha value is -1.60. The molecule has 2 rings (SSSR count). The first-order valence-electron chi connectivity index (χ1n) is 6.82. The van der Waals surface area contributed by atoms with E-state index in [0.29, 0.717) is 11.4 Å². The molecule has 1 aromatic carbocycles. The van der Waals surface area contributed by atoms with E-state index in [1.807, 2.05) is 56.6 Å². The minimum atomic E-state index is -0.754. The summed E-state index contributed by atoms with van der Waals surface area (Å²) in [7, 11) is 4.00. The molecule has 116 valence electrons. The molecular weight excluding hydrogens is 317 g/mol. The van der Waals surface area contributed by atoms with Gasteiger partial charge in [0.1, 0.15) is 5.41 Å². The predicted octanol–water partition coefficient (Wildman–Crippen LogP) is 3.92. The Morgan fingerprint density at radius 1 is 1.18 bits per heavy atom. The lowest BCUT2D eigenvalue weighted by atomic mass is 9.75. The molecule has 0 fully saturated rings. The lowest BCUT2D eigenvalue weighted by molar-refractivity contribution is 0.369. The fourth-order valence-corrected chi connectivity index (χ4v) is 2.46. The van der Waals surface area contributed by atoms with Crippen molar-refractivity contribution in [3.8, 4) is 6.07 Å². The summed E-state index contributed by atoms with van der Waals surface area (Å²) in [5, 5.41) is 10.6. The maximum atomic E-state index is 9.92. The molecule has 0 radical (unpaired) electrons. The molecule has 0 aliphatic rings. The molecule has 1 unspecified atom stereocenters. The summed E-state index contributed by atoms with van der Waals surface area (Å²) in [4.78, 5) is 6.50. The minimum absolute atomic E-state index is 0. The quantitative estimate of drug-likeness (QED) is 0.831. The van der Waals surface area contributed by atoms with E-state index in [1.165, 1.54) is 0 Å². The molecule has 3 nitrogen and oxygen atoms in total. The molecular formula is C17H19Cl2N3. The smallest absolute Gasteiger partial charge is 0.125 e. The molecule has 1 aromatic heterocycles. The minimum Gasteiger partial charge on any atom is -0.309 e. The van der Waals surface area contributed by atoms with Gasteiger partial charge in [-0.25, -0.2) is 0 Å². The van der Waals surface area contributed by atoms with Crippen molar-refractivity contribution in [3.63, 3.8) is 0 Å². The number of rotatable bonds is 5. The molecule has 1 atom stereocenters. The number of hydrogen-bond acceptors (Lipinski definition) is 3. The van der Waals surface area contributed by atoms with E-state index < -0.39 is 5.41 Å². The van der Waals surface area contributed by atoms with Crippen LogP contribution in [0.25, 0.3) is 0 Å². The Balaban J connectivity index is 0.00000242. The van der Waals surface area contributed by atoms with Crippen molar-refractivity contribution in [1.82, 2.24) is 9.88 Å². The normalized spacial score (nSPS) is 13.0. The van der Waals surface area contributed by atoms with Gasteiger partial charge in [-0.2, -0.15) is 5.26 Å². The van der Waals surface area contributed by atoms with Crippen LogP contribution in [0.15, 0.2) is 48.7 Å². The van der Waals surface area contributed by atoms with Crippen LogP contribution < -0.4 is 0 Å². The maximum Gasteiger partial charge on any atom is 0.125 e. The summed E-state index contributed by atoms with van der Waals surface area (Å²) in [6.07, 6.45) is 2.40. The first kappa shape index (κ1) is 18.4. The average Bonchev–Trinajstić information content (AvgIpc) is 2.51. The van der Waals surface area contributed by atoms with Crippen LogP contribution in [0.4, 0.5) is 0 Å². The molecule has 0 spiro atoms. The topological polar surface area (TPSA) is 39.9 Å². The highest BCUT2D eigenvalue weighted by atomic mass is 35.5. The SMILES string of the molecule is CN(C)CCC(C#N)(c1ccc(Cl)cc1)c1ccccn1.Cl. The maximum absolute atomic E-state index is 9.92. The second kappa shape index (κ2) is 8.14. The van der Waals surface area contributed by atoms with Crippen LogP contribution in [0.3, 0.4) is 0 Å². The zero-order valence-corrected chi connectivity index (χ0v) is 14.2. The fourth-order valence-electron chi connectivity index (χ4n) is 2.34. The molecule has 22 heavy (non-hydrogen) atoms. The van der Waals surface area contributed by atoms with Gasteiger partial charge in [-0.1, -0.05) is 29.8 Å². The van der Waals surface area contributed by atoms with Crippen molar-refractivity contribution in [2.24, 2.45) is 0 Å². The van der Waals surface area contributed by atoms with E-state index in [-0.39, 0.29) is 12.4 Å². The number of benzene rings is 1. The van der Waals surface area contributed by atoms with E-state index in [0.717, 1.165) is 17.8 Å². The van der Waals surface area contributed by atoms with Gasteiger partial charge in [0.15, 0.2) is 0 Å². The second-order valence-electron chi connectivity index (χ2n) is 5.29. The summed E-state index contributed by atoms with van der Waals surface area (Å²) in [5.74, 6) is 0. The van der Waals surface area contributed by atoms with E-state index in [1.54, 1.807) is 6.20 Å². The standard InChI is InChI=1S/C17H18ClN3.ClH/c1-21(2)12-10-17(13-19,16-5-3-4-11-20-16)14-6-8-15(18)9-7-14;/h3-9,11H,10,12H2,1-2H3;1H. The van der Waals surface area contributed by atoms with Crippen molar-refractivity contribution in [3.05, 3.63) is 64.9 Å². The molecule has 0 amide bonds. The third-order valence-electron chi connectivity index (χ3n) is 3.56. The lowest BCUT2D eigenvalue weighted by Gasteiger charge is -2.28. The largest absolute Gasteiger partial charge is 0.309 e. The summed E-state index contributed by atoms with van der Waals surface area (Å²) in [6, 6.07) is 15.6. The van der Waals surface area contributed by atoms with Crippen molar-refractivity contribution in [1.29, 1.82) is 5.26 Å². The molecule has 2 aromatic rings. The van der Waals surface area contributed by atoms with Crippen molar-refractivity contribution in [2.45, 2.75) is 11.8 Å². The summed E-state index contributed by atoms with van der Waals surface area (Å²) >= 11 is 5.97. The Morgan fingerprint density at radius 2 is 1.86 bits per heavy atom. The van der Waals surface area contributed by atoms with Gasteiger partial charge in [0, 0.05) is 11.2 Å². The summed E-state index contributed by atoms with van der Waals surface area (Å²) in [6.45, 7) is 0.798. The van der Waals surface area contributed by atoms with Gasteiger partial charge in [0.05, 0.1) is 11.8 Å². The van der Waals surface area contributed by atoms with Crippen LogP contribution in [-0.4, -0.2) is 30.5 Å². The molecule has 0 bridgehead atoms. The van der Waals surface area contributed by atoms with Crippen molar-refractivity contribution >= 4 is 24.0 Å². The molecule has 0 saturated heterocycles. The van der Waals surface area contributed by atoms with Crippen LogP contribution in [0.2, 0.25) is 5.02 Å². The second-order valence-corrected chi connectivity index (χ2v) is 5.73. The summed E-state index contributed by atoms with van der Waals surface area (Å²) in [5.41, 5.74) is 0.947. The Labute approximate surface area is 143 Å². The zero-order chi connectivity index (χ0) is 15.3. The Bertz CT molecular complexity index is 621. The molecule has 0 aliphatic carbocycles. The van der Waals surface area contributed by atoms with Gasteiger partial charge < -0.3 is 4.90 Å². The molecule has 0 N–H and O–H groups in total. The fraction of sp³-hybridized carbons (Fsp3) is 0.294. The number of hydrogen-bond donors (Lipinski definition) is 0. The Morgan fingerprint density at radius 3 is 2.36 bits per heavy atom. The number of aromatic nitrogens is 1. The first-order valence-corrected chi connectivity index (χ1v) is 7.20. The van der Waals surface area contributed by atoms with Crippen molar-refractivity contribution in [2.75, 3.05) is 20.6 Å². The van der Waals surface area contributed by atoms with Gasteiger partial charge in [-0.15, -0.1) is 12.4 Å². The average molecular weight is 336 g/mol. The van der Waals surface area contributed by atoms with Crippen LogP contribution in [0.5, 0.6) is 0 Å². The molecule has 1 heterocycles. The molecule has 5 heteroatoms. The highest BCUT2D eigenvalue weighted by Gasteiger charge is 2.35. The van der Waals surface area contributed by atoms with Gasteiger partial charge in [-0.3, -0.25) is 4.98 Å². The van der Waals surface area contributed by atoms with Crippen LogP contribution in [0.1, 0.15) is 17.7 Å². The lowest BCUT2D eigenvalue weighted by Crippen LogP contribution is -2.31. The van der Waals surface area contributed by atoms with Gasteiger partial charge >= 0.3 is 0 Å². The molecule has 0 aliphatic heterocycles. The number of halogens is 2. The van der Waals surface area contributed by atoms with Crippen molar-refractivity contribution < 1.29 is 0 Å². The Kier molecular flexibility index (Phi) is 6.83. The predicted molar refractivity (Wildman–Crippen MR) is 92.5 cm³/mol. The van der Waals surface area contributed by atoms with Gasteiger partial charge in [0.2, 0.25) is 0 Å². The van der Waals surface area contributed by atoms with Crippen LogP contribution in [-0.2, 0) is 5.41 Å². The highest BCUT2D eigenvalue weighted by molar-refractivity contribution is 6.30. The number of nitriles is 1. The van der Waals surface area contributed by atoms with Gasteiger partial charge in [0.25, 0.3) is 0 Å². The molecule has 0 saturated carbocycles. The monoisotopic (exact) mass is 335 g/mol. The zero-order valence-electron chi connectivity index (χ0n) is 12.7. The van der Waals surface area contributed by atoms with E-state index in [9.17, 15) is 5.26 Å². The first-order chi connectivity index (χ1) is 10.1. The number of pyridine rings is 1. The summed E-state index contributed by atoms with van der Waals surface area (Å²) < 4.78 is 0. The number of nitrogens with zero attached hydrogens (tertiary/aromatic N) is 3. The van der Waals surface area contributed by atoms with Crippen LogP contribution >= 0.6 is 24.0 Å². The van der Waals surface area contributed by atoms with E-state index >= 15 is 0 Å².